The molecule has 0 saturated carbocycles. The van der Waals surface area contributed by atoms with Gasteiger partial charge in [0.15, 0.2) is 23.0 Å². The molecule has 188 valence electrons. The van der Waals surface area contributed by atoms with Gasteiger partial charge in [0.2, 0.25) is 0 Å². The van der Waals surface area contributed by atoms with Crippen LogP contribution >= 0.6 is 22.7 Å². The summed E-state index contributed by atoms with van der Waals surface area (Å²) < 4.78 is 25.9. The second-order valence-corrected chi connectivity index (χ2v) is 10.0. The normalized spacial score (nSPS) is 11.4. The van der Waals surface area contributed by atoms with Crippen molar-refractivity contribution in [1.82, 2.24) is 4.57 Å². The zero-order chi connectivity index (χ0) is 25.2. The lowest BCUT2D eigenvalue weighted by molar-refractivity contribution is 0.291. The second kappa shape index (κ2) is 10.4. The van der Waals surface area contributed by atoms with Gasteiger partial charge in [0.1, 0.15) is 0 Å². The van der Waals surface area contributed by atoms with Crippen molar-refractivity contribution in [2.45, 2.75) is 27.7 Å². The fourth-order valence-electron chi connectivity index (χ4n) is 4.63. The highest BCUT2D eigenvalue weighted by Crippen LogP contribution is 2.47. The van der Waals surface area contributed by atoms with E-state index in [-0.39, 0.29) is 0 Å². The van der Waals surface area contributed by atoms with Gasteiger partial charge in [-0.05, 0) is 63.1 Å². The quantitative estimate of drug-likeness (QED) is 0.185. The highest BCUT2D eigenvalue weighted by Gasteiger charge is 2.20. The maximum absolute atomic E-state index is 6.01. The van der Waals surface area contributed by atoms with Crippen molar-refractivity contribution in [2.24, 2.45) is 7.05 Å². The third-order valence-corrected chi connectivity index (χ3v) is 8.11. The summed E-state index contributed by atoms with van der Waals surface area (Å²) in [6.07, 6.45) is 0. The molecule has 3 heterocycles. The molecule has 5 nitrogen and oxygen atoms in total. The van der Waals surface area contributed by atoms with Crippen LogP contribution in [-0.4, -0.2) is 31.0 Å². The van der Waals surface area contributed by atoms with Crippen LogP contribution in [-0.2, 0) is 7.05 Å². The Bertz CT molecular complexity index is 1400. The van der Waals surface area contributed by atoms with Gasteiger partial charge in [-0.2, -0.15) is 0 Å². The maximum atomic E-state index is 6.01. The molecule has 0 fully saturated rings. The van der Waals surface area contributed by atoms with E-state index in [0.717, 1.165) is 43.9 Å². The van der Waals surface area contributed by atoms with E-state index < -0.39 is 0 Å². The highest BCUT2D eigenvalue weighted by atomic mass is 32.1. The molecule has 36 heavy (non-hydrogen) atoms. The van der Waals surface area contributed by atoms with Gasteiger partial charge in [-0.15, -0.1) is 22.7 Å². The number of benzene rings is 2. The molecule has 0 amide bonds. The summed E-state index contributed by atoms with van der Waals surface area (Å²) in [6, 6.07) is 13.3. The number of thiophene rings is 2. The van der Waals surface area contributed by atoms with Crippen molar-refractivity contribution in [3.8, 4) is 43.9 Å². The Morgan fingerprint density at radius 1 is 0.611 bits per heavy atom. The van der Waals surface area contributed by atoms with Gasteiger partial charge in [0.25, 0.3) is 0 Å². The van der Waals surface area contributed by atoms with Crippen LogP contribution in [0.3, 0.4) is 0 Å². The van der Waals surface area contributed by atoms with Crippen molar-refractivity contribution in [3.05, 3.63) is 47.2 Å². The second-order valence-electron chi connectivity index (χ2n) is 8.27. The van der Waals surface area contributed by atoms with Crippen LogP contribution < -0.4 is 18.9 Å². The number of aromatic nitrogens is 1. The first kappa shape index (κ1) is 24.5. The summed E-state index contributed by atoms with van der Waals surface area (Å²) in [5.74, 6) is 3.28. The summed E-state index contributed by atoms with van der Waals surface area (Å²) in [6.45, 7) is 10.4. The standard InChI is InChI=1S/C29H31NO4S2/c1-6-31-24-16-35-28(26(24)33-8-3)18-10-12-22-20(14-18)21-15-19(11-13-23(21)30(22)5)29-27(34-9-4)25(17-36-29)32-7-2/h10-17H,6-9H2,1-5H3. The predicted molar refractivity (Wildman–Crippen MR) is 152 cm³/mol. The topological polar surface area (TPSA) is 41.9 Å². The van der Waals surface area contributed by atoms with Crippen molar-refractivity contribution < 1.29 is 18.9 Å². The Labute approximate surface area is 219 Å². The molecule has 0 aliphatic heterocycles. The molecular weight excluding hydrogens is 490 g/mol. The van der Waals surface area contributed by atoms with Gasteiger partial charge in [0.05, 0.1) is 36.2 Å². The van der Waals surface area contributed by atoms with E-state index in [1.807, 2.05) is 38.5 Å². The minimum absolute atomic E-state index is 0.594. The van der Waals surface area contributed by atoms with Crippen LogP contribution in [0, 0.1) is 0 Å². The molecule has 2 aromatic carbocycles. The molecule has 3 aromatic heterocycles. The molecule has 5 rings (SSSR count). The smallest absolute Gasteiger partial charge is 0.179 e. The van der Waals surface area contributed by atoms with Gasteiger partial charge in [-0.1, -0.05) is 12.1 Å². The van der Waals surface area contributed by atoms with Crippen molar-refractivity contribution in [3.63, 3.8) is 0 Å². The molecule has 0 aliphatic rings. The zero-order valence-corrected chi connectivity index (χ0v) is 23.0. The number of hydrogen-bond acceptors (Lipinski definition) is 6. The van der Waals surface area contributed by atoms with E-state index in [4.69, 9.17) is 18.9 Å². The highest BCUT2D eigenvalue weighted by molar-refractivity contribution is 7.14. The first-order valence-electron chi connectivity index (χ1n) is 12.4. The molecule has 0 spiro atoms. The summed E-state index contributed by atoms with van der Waals surface area (Å²) in [7, 11) is 2.12. The Morgan fingerprint density at radius 2 is 1.03 bits per heavy atom. The third-order valence-electron chi connectivity index (χ3n) is 6.14. The molecule has 0 saturated heterocycles. The number of hydrogen-bond donors (Lipinski definition) is 0. The lowest BCUT2D eigenvalue weighted by Gasteiger charge is -2.09. The Morgan fingerprint density at radius 3 is 1.42 bits per heavy atom. The van der Waals surface area contributed by atoms with Gasteiger partial charge in [-0.25, -0.2) is 0 Å². The minimum Gasteiger partial charge on any atom is -0.489 e. The Kier molecular flexibility index (Phi) is 7.12. The van der Waals surface area contributed by atoms with Crippen LogP contribution in [0.1, 0.15) is 27.7 Å². The van der Waals surface area contributed by atoms with E-state index in [0.29, 0.717) is 26.4 Å². The molecule has 0 radical (unpaired) electrons. The van der Waals surface area contributed by atoms with Crippen LogP contribution in [0.15, 0.2) is 47.2 Å². The number of fused-ring (bicyclic) bond motifs is 3. The molecule has 0 aliphatic carbocycles. The Hall–Kier alpha value is -3.16. The fraction of sp³-hybridized carbons (Fsp3) is 0.310. The minimum atomic E-state index is 0.594. The molecule has 0 bridgehead atoms. The van der Waals surface area contributed by atoms with E-state index in [1.54, 1.807) is 22.7 Å². The van der Waals surface area contributed by atoms with E-state index in [9.17, 15) is 0 Å². The summed E-state index contributed by atoms with van der Waals surface area (Å²) in [4.78, 5) is 2.18. The summed E-state index contributed by atoms with van der Waals surface area (Å²) in [5, 5.41) is 6.49. The van der Waals surface area contributed by atoms with Crippen LogP contribution in [0.5, 0.6) is 23.0 Å². The molecule has 0 unspecified atom stereocenters. The molecule has 0 atom stereocenters. The van der Waals surface area contributed by atoms with Crippen LogP contribution in [0.4, 0.5) is 0 Å². The maximum Gasteiger partial charge on any atom is 0.179 e. The predicted octanol–water partition coefficient (Wildman–Crippen LogP) is 8.38. The lowest BCUT2D eigenvalue weighted by Crippen LogP contribution is -1.96. The number of aryl methyl sites for hydroxylation is 1. The molecular formula is C29H31NO4S2. The van der Waals surface area contributed by atoms with Gasteiger partial charge < -0.3 is 23.5 Å². The number of nitrogens with zero attached hydrogens (tertiary/aromatic N) is 1. The average molecular weight is 522 g/mol. The summed E-state index contributed by atoms with van der Waals surface area (Å²) >= 11 is 3.32. The van der Waals surface area contributed by atoms with Gasteiger partial charge >= 0.3 is 0 Å². The third kappa shape index (κ3) is 4.20. The van der Waals surface area contributed by atoms with E-state index in [2.05, 4.69) is 48.0 Å². The number of rotatable bonds is 10. The van der Waals surface area contributed by atoms with E-state index in [1.165, 1.54) is 21.8 Å². The van der Waals surface area contributed by atoms with Gasteiger partial charge in [-0.3, -0.25) is 0 Å². The molecule has 0 N–H and O–H groups in total. The average Bonchev–Trinajstić information content (AvgIpc) is 3.55. The molecule has 5 aromatic rings. The molecule has 7 heteroatoms. The first-order chi connectivity index (χ1) is 17.6. The first-order valence-corrected chi connectivity index (χ1v) is 14.1. The largest absolute Gasteiger partial charge is 0.489 e. The van der Waals surface area contributed by atoms with Crippen LogP contribution in [0.25, 0.3) is 42.7 Å². The zero-order valence-electron chi connectivity index (χ0n) is 21.3. The fourth-order valence-corrected chi connectivity index (χ4v) is 6.49. The van der Waals surface area contributed by atoms with Crippen LogP contribution in [0.2, 0.25) is 0 Å². The van der Waals surface area contributed by atoms with Crippen molar-refractivity contribution in [2.75, 3.05) is 26.4 Å². The Balaban J connectivity index is 1.66. The lowest BCUT2D eigenvalue weighted by atomic mass is 10.1. The van der Waals surface area contributed by atoms with Crippen molar-refractivity contribution >= 4 is 44.5 Å². The summed E-state index contributed by atoms with van der Waals surface area (Å²) in [5.41, 5.74) is 4.64. The van der Waals surface area contributed by atoms with Crippen molar-refractivity contribution in [1.29, 1.82) is 0 Å². The number of ether oxygens (including phenoxy) is 4. The SMILES string of the molecule is CCOc1csc(-c2ccc3c(c2)c2cc(-c4scc(OCC)c4OCC)ccc2n3C)c1OCC. The monoisotopic (exact) mass is 521 g/mol. The van der Waals surface area contributed by atoms with Gasteiger partial charge in [0, 0.05) is 39.6 Å². The van der Waals surface area contributed by atoms with E-state index >= 15 is 0 Å².